The zero-order chi connectivity index (χ0) is 14.4. The van der Waals surface area contributed by atoms with Gasteiger partial charge >= 0.3 is 5.97 Å². The minimum atomic E-state index is -1.07. The minimum Gasteiger partial charge on any atom is -0.480 e. The van der Waals surface area contributed by atoms with Crippen molar-refractivity contribution in [2.24, 2.45) is 0 Å². The van der Waals surface area contributed by atoms with Crippen LogP contribution in [-0.2, 0) is 11.2 Å². The van der Waals surface area contributed by atoms with Crippen molar-refractivity contribution in [1.82, 2.24) is 0 Å². The molecule has 2 aromatic rings. The number of carbonyl (C=O) groups is 1. The normalized spacial score (nSPS) is 11.8. The van der Waals surface area contributed by atoms with Gasteiger partial charge in [-0.1, -0.05) is 42.5 Å². The number of rotatable bonds is 6. The van der Waals surface area contributed by atoms with Crippen LogP contribution in [0.15, 0.2) is 54.6 Å². The summed E-state index contributed by atoms with van der Waals surface area (Å²) in [5.41, 5.74) is 3.06. The first-order chi connectivity index (χ1) is 9.69. The van der Waals surface area contributed by atoms with Crippen molar-refractivity contribution in [2.45, 2.75) is 12.5 Å². The number of aliphatic hydroxyl groups excluding tert-OH is 1. The van der Waals surface area contributed by atoms with Crippen molar-refractivity contribution in [3.05, 3.63) is 65.7 Å². The maximum Gasteiger partial charge on any atom is 0.328 e. The zero-order valence-corrected chi connectivity index (χ0v) is 11.0. The predicted molar refractivity (Wildman–Crippen MR) is 77.8 cm³/mol. The van der Waals surface area contributed by atoms with Crippen LogP contribution in [0, 0.1) is 0 Å². The standard InChI is InChI=1S/C16H17NO3/c18-11-15(16(19)20)17-14-8-6-13(7-9-14)10-12-4-2-1-3-5-12/h1-9,15,17-18H,10-11H2,(H,19,20). The van der Waals surface area contributed by atoms with Crippen LogP contribution in [0.1, 0.15) is 11.1 Å². The molecule has 1 unspecified atom stereocenters. The molecule has 2 aromatic carbocycles. The highest BCUT2D eigenvalue weighted by atomic mass is 16.4. The Kier molecular flexibility index (Phi) is 4.74. The molecule has 0 amide bonds. The van der Waals surface area contributed by atoms with Gasteiger partial charge in [-0.05, 0) is 29.7 Å². The van der Waals surface area contributed by atoms with E-state index in [1.54, 1.807) is 0 Å². The van der Waals surface area contributed by atoms with Gasteiger partial charge in [0.1, 0.15) is 6.04 Å². The second kappa shape index (κ2) is 6.73. The van der Waals surface area contributed by atoms with Crippen molar-refractivity contribution >= 4 is 11.7 Å². The van der Waals surface area contributed by atoms with E-state index in [0.29, 0.717) is 5.69 Å². The van der Waals surface area contributed by atoms with E-state index in [1.165, 1.54) is 5.56 Å². The van der Waals surface area contributed by atoms with Gasteiger partial charge in [-0.15, -0.1) is 0 Å². The molecule has 0 heterocycles. The molecule has 0 saturated carbocycles. The number of carboxylic acid groups (broad SMARTS) is 1. The van der Waals surface area contributed by atoms with Crippen LogP contribution < -0.4 is 5.32 Å². The summed E-state index contributed by atoms with van der Waals surface area (Å²) in [6.07, 6.45) is 0.837. The Bertz CT molecular complexity index is 552. The van der Waals surface area contributed by atoms with Crippen LogP contribution in [0.25, 0.3) is 0 Å². The number of hydrogen-bond acceptors (Lipinski definition) is 3. The van der Waals surface area contributed by atoms with Crippen LogP contribution in [0.3, 0.4) is 0 Å². The Hall–Kier alpha value is -2.33. The monoisotopic (exact) mass is 271 g/mol. The number of aliphatic carboxylic acids is 1. The van der Waals surface area contributed by atoms with Gasteiger partial charge in [0.05, 0.1) is 6.61 Å². The SMILES string of the molecule is O=C(O)C(CO)Nc1ccc(Cc2ccccc2)cc1. The first-order valence-corrected chi connectivity index (χ1v) is 6.42. The van der Waals surface area contributed by atoms with Crippen molar-refractivity contribution in [3.63, 3.8) is 0 Å². The van der Waals surface area contributed by atoms with E-state index in [2.05, 4.69) is 17.4 Å². The van der Waals surface area contributed by atoms with Gasteiger partial charge in [0.2, 0.25) is 0 Å². The molecule has 0 spiro atoms. The van der Waals surface area contributed by atoms with Crippen LogP contribution in [-0.4, -0.2) is 28.8 Å². The minimum absolute atomic E-state index is 0.443. The molecule has 4 heteroatoms. The van der Waals surface area contributed by atoms with Gasteiger partial charge < -0.3 is 15.5 Å². The van der Waals surface area contributed by atoms with E-state index >= 15 is 0 Å². The zero-order valence-electron chi connectivity index (χ0n) is 11.0. The van der Waals surface area contributed by atoms with E-state index in [4.69, 9.17) is 10.2 Å². The summed E-state index contributed by atoms with van der Waals surface area (Å²) >= 11 is 0. The fraction of sp³-hybridized carbons (Fsp3) is 0.188. The summed E-state index contributed by atoms with van der Waals surface area (Å²) in [4.78, 5) is 10.8. The van der Waals surface area contributed by atoms with Crippen LogP contribution >= 0.6 is 0 Å². The van der Waals surface area contributed by atoms with Crippen molar-refractivity contribution < 1.29 is 15.0 Å². The summed E-state index contributed by atoms with van der Waals surface area (Å²) in [5.74, 6) is -1.07. The first-order valence-electron chi connectivity index (χ1n) is 6.42. The molecule has 104 valence electrons. The Balaban J connectivity index is 2.01. The lowest BCUT2D eigenvalue weighted by Crippen LogP contribution is -2.32. The molecule has 0 aromatic heterocycles. The summed E-state index contributed by atoms with van der Waals surface area (Å²) in [6, 6.07) is 16.7. The third-order valence-corrected chi connectivity index (χ3v) is 3.03. The fourth-order valence-electron chi connectivity index (χ4n) is 1.94. The molecule has 4 nitrogen and oxygen atoms in total. The van der Waals surface area contributed by atoms with Gasteiger partial charge in [-0.3, -0.25) is 0 Å². The third-order valence-electron chi connectivity index (χ3n) is 3.03. The van der Waals surface area contributed by atoms with Crippen molar-refractivity contribution in [1.29, 1.82) is 0 Å². The topological polar surface area (TPSA) is 69.6 Å². The highest BCUT2D eigenvalue weighted by Gasteiger charge is 2.15. The molecular formula is C16H17NO3. The smallest absolute Gasteiger partial charge is 0.328 e. The molecule has 1 atom stereocenters. The molecule has 20 heavy (non-hydrogen) atoms. The van der Waals surface area contributed by atoms with E-state index < -0.39 is 18.6 Å². The Morgan fingerprint density at radius 2 is 1.60 bits per heavy atom. The van der Waals surface area contributed by atoms with E-state index in [1.807, 2.05) is 42.5 Å². The molecule has 0 bridgehead atoms. The number of carboxylic acids is 1. The van der Waals surface area contributed by atoms with E-state index in [0.717, 1.165) is 12.0 Å². The largest absolute Gasteiger partial charge is 0.480 e. The maximum atomic E-state index is 10.8. The molecule has 0 fully saturated rings. The second-order valence-electron chi connectivity index (χ2n) is 4.58. The molecule has 0 radical (unpaired) electrons. The third kappa shape index (κ3) is 3.83. The molecule has 0 aliphatic rings. The summed E-state index contributed by atoms with van der Waals surface area (Å²) < 4.78 is 0. The number of nitrogens with one attached hydrogen (secondary N) is 1. The lowest BCUT2D eigenvalue weighted by Gasteiger charge is -2.13. The number of anilines is 1. The average Bonchev–Trinajstić information content (AvgIpc) is 2.47. The highest BCUT2D eigenvalue weighted by Crippen LogP contribution is 2.14. The Morgan fingerprint density at radius 1 is 1.00 bits per heavy atom. The number of hydrogen-bond donors (Lipinski definition) is 3. The Morgan fingerprint density at radius 3 is 2.15 bits per heavy atom. The molecule has 0 aliphatic carbocycles. The maximum absolute atomic E-state index is 10.8. The van der Waals surface area contributed by atoms with Gasteiger partial charge in [0.25, 0.3) is 0 Å². The molecule has 0 aliphatic heterocycles. The van der Waals surface area contributed by atoms with Crippen molar-refractivity contribution in [3.8, 4) is 0 Å². The van der Waals surface area contributed by atoms with E-state index in [9.17, 15) is 4.79 Å². The summed E-state index contributed by atoms with van der Waals surface area (Å²) in [5, 5.41) is 20.6. The first kappa shape index (κ1) is 14.1. The van der Waals surface area contributed by atoms with Gasteiger partial charge in [-0.25, -0.2) is 4.79 Å². The molecule has 2 rings (SSSR count). The quantitative estimate of drug-likeness (QED) is 0.753. The fourth-order valence-corrected chi connectivity index (χ4v) is 1.94. The highest BCUT2D eigenvalue weighted by molar-refractivity contribution is 5.77. The molecule has 0 saturated heterocycles. The lowest BCUT2D eigenvalue weighted by molar-refractivity contribution is -0.138. The average molecular weight is 271 g/mol. The summed E-state index contributed by atoms with van der Waals surface area (Å²) in [7, 11) is 0. The molecular weight excluding hydrogens is 254 g/mol. The second-order valence-corrected chi connectivity index (χ2v) is 4.58. The summed E-state index contributed by atoms with van der Waals surface area (Å²) in [6.45, 7) is -0.443. The van der Waals surface area contributed by atoms with Crippen LogP contribution in [0.2, 0.25) is 0 Å². The van der Waals surface area contributed by atoms with Gasteiger partial charge in [0.15, 0.2) is 0 Å². The van der Waals surface area contributed by atoms with Crippen LogP contribution in [0.5, 0.6) is 0 Å². The van der Waals surface area contributed by atoms with Crippen molar-refractivity contribution in [2.75, 3.05) is 11.9 Å². The number of benzene rings is 2. The number of aliphatic hydroxyl groups is 1. The predicted octanol–water partition coefficient (Wildman–Crippen LogP) is 2.13. The van der Waals surface area contributed by atoms with E-state index in [-0.39, 0.29) is 0 Å². The van der Waals surface area contributed by atoms with Crippen LogP contribution in [0.4, 0.5) is 5.69 Å². The van der Waals surface area contributed by atoms with Gasteiger partial charge in [-0.2, -0.15) is 0 Å². The van der Waals surface area contributed by atoms with Gasteiger partial charge in [0, 0.05) is 5.69 Å². The molecule has 3 N–H and O–H groups in total. The Labute approximate surface area is 117 Å². The lowest BCUT2D eigenvalue weighted by atomic mass is 10.0.